The predicted octanol–water partition coefficient (Wildman–Crippen LogP) is 2.17. The van der Waals surface area contributed by atoms with Crippen molar-refractivity contribution in [3.05, 3.63) is 48.8 Å². The lowest BCUT2D eigenvalue weighted by molar-refractivity contribution is -0.776. The second kappa shape index (κ2) is 9.61. The van der Waals surface area contributed by atoms with E-state index in [1.54, 1.807) is 0 Å². The first-order valence-corrected chi connectivity index (χ1v) is 10.5. The SMILES string of the molecule is CNc1ccc(N(C)CC[N+]2(CCN(C)c3ccc(NC)c(N)c3)C=C[N+]=C2)cc1N. The number of hydrogen-bond donors (Lipinski definition) is 4. The highest BCUT2D eigenvalue weighted by atomic mass is 15.4. The van der Waals surface area contributed by atoms with Gasteiger partial charge in [0.05, 0.1) is 35.8 Å². The van der Waals surface area contributed by atoms with Gasteiger partial charge in [0.25, 0.3) is 0 Å². The van der Waals surface area contributed by atoms with Crippen LogP contribution in [0.1, 0.15) is 0 Å². The summed E-state index contributed by atoms with van der Waals surface area (Å²) in [4.78, 5) is 8.85. The van der Waals surface area contributed by atoms with Crippen molar-refractivity contribution in [3.63, 3.8) is 0 Å². The van der Waals surface area contributed by atoms with Crippen LogP contribution in [-0.4, -0.2) is 65.2 Å². The van der Waals surface area contributed by atoms with Crippen molar-refractivity contribution in [2.75, 3.05) is 86.3 Å². The van der Waals surface area contributed by atoms with E-state index in [-0.39, 0.29) is 0 Å². The standard InChI is InChI=1S/C23H35N8/c1-26-22-7-5-18(15-20(22)24)29(3)10-13-31(12-9-28-17-31)14-11-30(4)19-6-8-23(27-2)21(25)16-19/h5-9,12,15-17,26-27H,10-11,13-14,24-25H2,1-4H3/q+2. The second-order valence-electron chi connectivity index (χ2n) is 8.00. The Hall–Kier alpha value is -3.39. The number of aliphatic imine (C=N–C) groups is 1. The quantitative estimate of drug-likeness (QED) is 0.346. The molecular formula is C23H35N8+2. The lowest BCUT2D eigenvalue weighted by Crippen LogP contribution is -2.49. The van der Waals surface area contributed by atoms with Crippen molar-refractivity contribution >= 4 is 40.5 Å². The normalized spacial score (nSPS) is 13.9. The summed E-state index contributed by atoms with van der Waals surface area (Å²) < 4.78 is 0.711. The molecule has 0 atom stereocenters. The van der Waals surface area contributed by atoms with Crippen molar-refractivity contribution in [2.45, 2.75) is 0 Å². The van der Waals surface area contributed by atoms with E-state index in [2.05, 4.69) is 57.9 Å². The van der Waals surface area contributed by atoms with E-state index in [9.17, 15) is 0 Å². The van der Waals surface area contributed by atoms with Crippen LogP contribution in [0, 0.1) is 0 Å². The molecule has 8 heteroatoms. The van der Waals surface area contributed by atoms with E-state index in [0.29, 0.717) is 4.48 Å². The zero-order chi connectivity index (χ0) is 22.4. The molecule has 0 bridgehead atoms. The van der Waals surface area contributed by atoms with E-state index < -0.39 is 0 Å². The lowest BCUT2D eigenvalue weighted by Gasteiger charge is -2.30. The number of likely N-dealkylation sites (N-methyl/N-ethyl adjacent to an activating group) is 2. The summed E-state index contributed by atoms with van der Waals surface area (Å²) in [6, 6.07) is 12.2. The first kappa shape index (κ1) is 22.3. The zero-order valence-corrected chi connectivity index (χ0v) is 19.0. The number of benzene rings is 2. The molecule has 0 saturated carbocycles. The molecule has 0 fully saturated rings. The summed E-state index contributed by atoms with van der Waals surface area (Å²) in [6.07, 6.45) is 6.08. The highest BCUT2D eigenvalue weighted by Gasteiger charge is 2.33. The van der Waals surface area contributed by atoms with Crippen LogP contribution in [0.5, 0.6) is 0 Å². The summed E-state index contributed by atoms with van der Waals surface area (Å²) in [5, 5.41) is 6.21. The molecule has 0 aliphatic carbocycles. The third kappa shape index (κ3) is 5.21. The van der Waals surface area contributed by atoms with Gasteiger partial charge in [-0.25, -0.2) is 4.48 Å². The first-order valence-electron chi connectivity index (χ1n) is 10.5. The van der Waals surface area contributed by atoms with Gasteiger partial charge in [-0.1, -0.05) is 0 Å². The van der Waals surface area contributed by atoms with Gasteiger partial charge in [-0.05, 0) is 36.4 Å². The van der Waals surface area contributed by atoms with Crippen LogP contribution in [0.2, 0.25) is 0 Å². The van der Waals surface area contributed by atoms with Crippen molar-refractivity contribution < 1.29 is 4.48 Å². The topological polar surface area (TPSA) is 96.7 Å². The Kier molecular flexibility index (Phi) is 6.91. The van der Waals surface area contributed by atoms with E-state index in [0.717, 1.165) is 60.3 Å². The number of hydrogen-bond acceptors (Lipinski definition) is 7. The van der Waals surface area contributed by atoms with Gasteiger partial charge >= 0.3 is 12.5 Å². The molecule has 6 N–H and O–H groups in total. The number of nitrogens with zero attached hydrogens (tertiary/aromatic N) is 4. The lowest BCUT2D eigenvalue weighted by atomic mass is 10.2. The van der Waals surface area contributed by atoms with E-state index in [1.165, 1.54) is 0 Å². The fraction of sp³-hybridized carbons (Fsp3) is 0.348. The molecule has 1 radical (unpaired) electrons. The monoisotopic (exact) mass is 423 g/mol. The minimum Gasteiger partial charge on any atom is -0.397 e. The molecule has 1 heterocycles. The number of nitrogens with two attached hydrogens (primary N) is 2. The Morgan fingerprint density at radius 3 is 1.68 bits per heavy atom. The van der Waals surface area contributed by atoms with E-state index >= 15 is 0 Å². The van der Waals surface area contributed by atoms with Gasteiger partial charge in [-0.3, -0.25) is 0 Å². The second-order valence-corrected chi connectivity index (χ2v) is 8.00. The molecular weight excluding hydrogens is 388 g/mol. The molecule has 3 rings (SSSR count). The molecule has 8 nitrogen and oxygen atoms in total. The van der Waals surface area contributed by atoms with Crippen LogP contribution in [0.4, 0.5) is 34.1 Å². The van der Waals surface area contributed by atoms with Crippen LogP contribution in [0.15, 0.2) is 48.8 Å². The van der Waals surface area contributed by atoms with Crippen molar-refractivity contribution in [1.82, 2.24) is 4.99 Å². The van der Waals surface area contributed by atoms with Gasteiger partial charge in [-0.15, -0.1) is 0 Å². The average molecular weight is 424 g/mol. The summed E-state index contributed by atoms with van der Waals surface area (Å²) >= 11 is 0. The first-order chi connectivity index (χ1) is 14.9. The molecule has 0 aromatic heterocycles. The van der Waals surface area contributed by atoms with Crippen LogP contribution in [0.25, 0.3) is 0 Å². The molecule has 0 saturated heterocycles. The van der Waals surface area contributed by atoms with Crippen molar-refractivity contribution in [2.24, 2.45) is 0 Å². The van der Waals surface area contributed by atoms with E-state index in [1.807, 2.05) is 50.9 Å². The van der Waals surface area contributed by atoms with Crippen molar-refractivity contribution in [1.29, 1.82) is 0 Å². The number of nitrogens with one attached hydrogen (secondary N) is 2. The Morgan fingerprint density at radius 1 is 0.839 bits per heavy atom. The molecule has 2 aromatic carbocycles. The van der Waals surface area contributed by atoms with Gasteiger partial charge in [0.2, 0.25) is 0 Å². The molecule has 0 unspecified atom stereocenters. The third-order valence-corrected chi connectivity index (χ3v) is 5.94. The Bertz CT molecular complexity index is 875. The highest BCUT2D eigenvalue weighted by Crippen LogP contribution is 2.26. The Morgan fingerprint density at radius 2 is 1.32 bits per heavy atom. The molecule has 1 aliphatic heterocycles. The zero-order valence-electron chi connectivity index (χ0n) is 19.0. The number of anilines is 6. The minimum atomic E-state index is 0.711. The maximum atomic E-state index is 6.14. The Balaban J connectivity index is 1.62. The number of nitrogen functional groups attached to an aromatic ring is 2. The molecule has 165 valence electrons. The maximum absolute atomic E-state index is 6.14. The van der Waals surface area contributed by atoms with Crippen LogP contribution >= 0.6 is 0 Å². The predicted molar refractivity (Wildman–Crippen MR) is 135 cm³/mol. The summed E-state index contributed by atoms with van der Waals surface area (Å²) in [7, 11) is 7.95. The summed E-state index contributed by atoms with van der Waals surface area (Å²) in [5.41, 5.74) is 17.9. The fourth-order valence-corrected chi connectivity index (χ4v) is 3.72. The van der Waals surface area contributed by atoms with E-state index in [4.69, 9.17) is 11.5 Å². The van der Waals surface area contributed by atoms with Gasteiger partial charge in [0.1, 0.15) is 18.1 Å². The van der Waals surface area contributed by atoms with Crippen LogP contribution in [-0.2, 0) is 0 Å². The summed E-state index contributed by atoms with van der Waals surface area (Å²) in [5.74, 6) is 0. The smallest absolute Gasteiger partial charge is 0.397 e. The maximum Gasteiger partial charge on any atom is 0.403 e. The average Bonchev–Trinajstić information content (AvgIpc) is 3.25. The third-order valence-electron chi connectivity index (χ3n) is 5.94. The van der Waals surface area contributed by atoms with Gasteiger partial charge in [0, 0.05) is 39.6 Å². The number of rotatable bonds is 10. The van der Waals surface area contributed by atoms with Gasteiger partial charge in [0.15, 0.2) is 6.20 Å². The molecule has 0 spiro atoms. The molecule has 0 amide bonds. The Labute approximate surface area is 185 Å². The fourth-order valence-electron chi connectivity index (χ4n) is 3.72. The van der Waals surface area contributed by atoms with Crippen LogP contribution in [0.3, 0.4) is 0 Å². The molecule has 2 aromatic rings. The minimum absolute atomic E-state index is 0.711. The molecule has 31 heavy (non-hydrogen) atoms. The summed E-state index contributed by atoms with van der Waals surface area (Å²) in [6.45, 7) is 3.59. The van der Waals surface area contributed by atoms with Gasteiger partial charge in [-0.2, -0.15) is 0 Å². The van der Waals surface area contributed by atoms with Crippen molar-refractivity contribution in [3.8, 4) is 0 Å². The largest absolute Gasteiger partial charge is 0.403 e. The highest BCUT2D eigenvalue weighted by molar-refractivity contribution is 5.72. The number of quaternary nitrogens is 1. The van der Waals surface area contributed by atoms with Crippen LogP contribution < -0.4 is 36.9 Å². The van der Waals surface area contributed by atoms with Gasteiger partial charge < -0.3 is 31.9 Å². The molecule has 1 aliphatic rings.